The molecule has 1 aliphatic carbocycles. The van der Waals surface area contributed by atoms with E-state index in [1.807, 2.05) is 12.1 Å². The molecule has 118 valence electrons. The van der Waals surface area contributed by atoms with Gasteiger partial charge in [0.1, 0.15) is 5.75 Å². The first-order valence-electron chi connectivity index (χ1n) is 7.49. The van der Waals surface area contributed by atoms with Gasteiger partial charge >= 0.3 is 0 Å². The summed E-state index contributed by atoms with van der Waals surface area (Å²) >= 11 is 3.37. The van der Waals surface area contributed by atoms with Gasteiger partial charge in [0.15, 0.2) is 11.3 Å². The van der Waals surface area contributed by atoms with Crippen LogP contribution in [-0.2, 0) is 11.3 Å². The number of halogens is 1. The normalized spacial score (nSPS) is 27.7. The highest BCUT2D eigenvalue weighted by molar-refractivity contribution is 9.10. The van der Waals surface area contributed by atoms with Gasteiger partial charge in [-0.25, -0.2) is 0 Å². The molecule has 0 aromatic heterocycles. The number of nitrogens with two attached hydrogens (primary N) is 1. The summed E-state index contributed by atoms with van der Waals surface area (Å²) in [7, 11) is 0. The largest absolute Gasteiger partial charge is 0.455 e. The van der Waals surface area contributed by atoms with E-state index in [9.17, 15) is 9.90 Å². The predicted octanol–water partition coefficient (Wildman–Crippen LogP) is 3.16. The van der Waals surface area contributed by atoms with Crippen LogP contribution in [0.25, 0.3) is 0 Å². The van der Waals surface area contributed by atoms with Crippen molar-refractivity contribution in [3.63, 3.8) is 0 Å². The van der Waals surface area contributed by atoms with E-state index in [0.717, 1.165) is 5.56 Å². The average molecular weight is 374 g/mol. The molecule has 3 N–H and O–H groups in total. The van der Waals surface area contributed by atoms with Crippen molar-refractivity contribution in [2.45, 2.75) is 31.1 Å². The Balaban J connectivity index is 1.98. The summed E-state index contributed by atoms with van der Waals surface area (Å²) in [4.78, 5) is 13.0. The van der Waals surface area contributed by atoms with Gasteiger partial charge in [-0.2, -0.15) is 0 Å². The molecular weight excluding hydrogens is 358 g/mol. The molecular formula is C18H16BrNO3. The summed E-state index contributed by atoms with van der Waals surface area (Å²) in [5, 5.41) is 11.2. The Morgan fingerprint density at radius 1 is 1.22 bits per heavy atom. The Hall–Kier alpha value is -1.69. The molecule has 1 aliphatic heterocycles. The molecule has 4 rings (SSSR count). The lowest BCUT2D eigenvalue weighted by molar-refractivity contribution is -0.162. The number of fused-ring (bicyclic) bond motifs is 5. The molecule has 1 heterocycles. The highest BCUT2D eigenvalue weighted by Crippen LogP contribution is 2.57. The SMILES string of the molecule is CC(C)c1ccc2c(c1)OC1(O)c3cccc(Br)c3C(=O)C21N. The highest BCUT2D eigenvalue weighted by atomic mass is 79.9. The van der Waals surface area contributed by atoms with Crippen LogP contribution < -0.4 is 10.5 Å². The number of Topliss-reactive ketones (excluding diaryl/α,β-unsaturated/α-hetero) is 1. The summed E-state index contributed by atoms with van der Waals surface area (Å²) in [6, 6.07) is 10.8. The number of rotatable bonds is 1. The molecule has 5 heteroatoms. The molecule has 2 aliphatic rings. The number of benzene rings is 2. The van der Waals surface area contributed by atoms with Gasteiger partial charge in [-0.15, -0.1) is 0 Å². The third-order valence-electron chi connectivity index (χ3n) is 4.85. The Labute approximate surface area is 142 Å². The first-order chi connectivity index (χ1) is 10.8. The van der Waals surface area contributed by atoms with Gasteiger partial charge in [0.25, 0.3) is 5.79 Å². The maximum absolute atomic E-state index is 13.0. The molecule has 0 fully saturated rings. The van der Waals surface area contributed by atoms with Gasteiger partial charge in [-0.3, -0.25) is 4.79 Å². The second kappa shape index (κ2) is 4.44. The van der Waals surface area contributed by atoms with Crippen LogP contribution in [0.3, 0.4) is 0 Å². The van der Waals surface area contributed by atoms with Crippen molar-refractivity contribution in [1.82, 2.24) is 0 Å². The summed E-state index contributed by atoms with van der Waals surface area (Å²) in [5.41, 5.74) is 7.22. The minimum atomic E-state index is -1.87. The minimum absolute atomic E-state index is 0.310. The van der Waals surface area contributed by atoms with Gasteiger partial charge in [0, 0.05) is 21.2 Å². The number of hydrogen-bond acceptors (Lipinski definition) is 4. The quantitative estimate of drug-likeness (QED) is 0.805. The van der Waals surface area contributed by atoms with E-state index < -0.39 is 11.3 Å². The molecule has 0 bridgehead atoms. The number of carbonyl (C=O) groups is 1. The van der Waals surface area contributed by atoms with E-state index in [4.69, 9.17) is 10.5 Å². The fourth-order valence-electron chi connectivity index (χ4n) is 3.51. The van der Waals surface area contributed by atoms with Gasteiger partial charge in [0.05, 0.1) is 0 Å². The number of ketones is 1. The third-order valence-corrected chi connectivity index (χ3v) is 5.51. The Morgan fingerprint density at radius 3 is 2.65 bits per heavy atom. The monoisotopic (exact) mass is 373 g/mol. The van der Waals surface area contributed by atoms with E-state index in [0.29, 0.717) is 32.8 Å². The van der Waals surface area contributed by atoms with Crippen LogP contribution in [0.15, 0.2) is 40.9 Å². The van der Waals surface area contributed by atoms with Crippen molar-refractivity contribution in [2.24, 2.45) is 5.73 Å². The van der Waals surface area contributed by atoms with E-state index in [-0.39, 0.29) is 5.78 Å². The molecule has 0 radical (unpaired) electrons. The molecule has 2 atom stereocenters. The van der Waals surface area contributed by atoms with Crippen molar-refractivity contribution in [3.8, 4) is 5.75 Å². The van der Waals surface area contributed by atoms with E-state index in [2.05, 4.69) is 29.8 Å². The van der Waals surface area contributed by atoms with Crippen molar-refractivity contribution >= 4 is 21.7 Å². The number of carbonyl (C=O) groups excluding carboxylic acids is 1. The molecule has 0 spiro atoms. The lowest BCUT2D eigenvalue weighted by Gasteiger charge is -2.29. The van der Waals surface area contributed by atoms with Crippen molar-refractivity contribution in [2.75, 3.05) is 0 Å². The lowest BCUT2D eigenvalue weighted by Crippen LogP contribution is -2.55. The van der Waals surface area contributed by atoms with E-state index in [1.165, 1.54) is 0 Å². The van der Waals surface area contributed by atoms with Crippen molar-refractivity contribution < 1.29 is 14.6 Å². The summed E-state index contributed by atoms with van der Waals surface area (Å²) < 4.78 is 6.46. The van der Waals surface area contributed by atoms with Crippen molar-refractivity contribution in [1.29, 1.82) is 0 Å². The predicted molar refractivity (Wildman–Crippen MR) is 89.4 cm³/mol. The number of hydrogen-bond donors (Lipinski definition) is 2. The molecule has 0 saturated heterocycles. The first kappa shape index (κ1) is 14.9. The average Bonchev–Trinajstić information content (AvgIpc) is 2.84. The first-order valence-corrected chi connectivity index (χ1v) is 8.28. The Kier molecular flexibility index (Phi) is 2.87. The molecule has 23 heavy (non-hydrogen) atoms. The Bertz CT molecular complexity index is 863. The molecule has 0 saturated carbocycles. The van der Waals surface area contributed by atoms with Crippen LogP contribution >= 0.6 is 15.9 Å². The van der Waals surface area contributed by atoms with Gasteiger partial charge in [-0.1, -0.05) is 54.0 Å². The number of aliphatic hydroxyl groups is 1. The molecule has 0 amide bonds. The standard InChI is InChI=1S/C18H16BrNO3/c1-9(2)10-6-7-11-14(8-10)23-18(22)12-4-3-5-13(19)15(12)16(21)17(11,18)20/h3-9,22H,20H2,1-2H3. The number of ether oxygens (including phenoxy) is 1. The Morgan fingerprint density at radius 2 is 1.96 bits per heavy atom. The topological polar surface area (TPSA) is 72.5 Å². The van der Waals surface area contributed by atoms with Crippen LogP contribution in [0.2, 0.25) is 0 Å². The smallest absolute Gasteiger partial charge is 0.265 e. The maximum atomic E-state index is 13.0. The summed E-state index contributed by atoms with van der Waals surface area (Å²) in [6.07, 6.45) is 0. The van der Waals surface area contributed by atoms with E-state index >= 15 is 0 Å². The minimum Gasteiger partial charge on any atom is -0.455 e. The molecule has 2 aromatic rings. The van der Waals surface area contributed by atoms with Gasteiger partial charge < -0.3 is 15.6 Å². The van der Waals surface area contributed by atoms with Crippen LogP contribution in [-0.4, -0.2) is 10.9 Å². The van der Waals surface area contributed by atoms with Crippen LogP contribution in [0, 0.1) is 0 Å². The second-order valence-electron chi connectivity index (χ2n) is 6.46. The van der Waals surface area contributed by atoms with Crippen molar-refractivity contribution in [3.05, 3.63) is 63.1 Å². The van der Waals surface area contributed by atoms with Crippen LogP contribution in [0.1, 0.15) is 46.8 Å². The zero-order chi connectivity index (χ0) is 16.6. The highest BCUT2D eigenvalue weighted by Gasteiger charge is 2.69. The fraction of sp³-hybridized carbons (Fsp3) is 0.278. The summed E-state index contributed by atoms with van der Waals surface area (Å²) in [5.74, 6) is -1.43. The maximum Gasteiger partial charge on any atom is 0.265 e. The second-order valence-corrected chi connectivity index (χ2v) is 7.31. The zero-order valence-electron chi connectivity index (χ0n) is 12.8. The van der Waals surface area contributed by atoms with Gasteiger partial charge in [0.2, 0.25) is 0 Å². The van der Waals surface area contributed by atoms with Crippen LogP contribution in [0.5, 0.6) is 5.75 Å². The fourth-order valence-corrected chi connectivity index (χ4v) is 4.05. The lowest BCUT2D eigenvalue weighted by atomic mass is 9.83. The van der Waals surface area contributed by atoms with E-state index in [1.54, 1.807) is 24.3 Å². The molecule has 2 aromatic carbocycles. The third kappa shape index (κ3) is 1.60. The zero-order valence-corrected chi connectivity index (χ0v) is 14.3. The molecule has 4 nitrogen and oxygen atoms in total. The van der Waals surface area contributed by atoms with Gasteiger partial charge in [-0.05, 0) is 23.6 Å². The summed E-state index contributed by atoms with van der Waals surface area (Å²) in [6.45, 7) is 4.14. The van der Waals surface area contributed by atoms with Crippen LogP contribution in [0.4, 0.5) is 0 Å². The molecule has 2 unspecified atom stereocenters.